The Morgan fingerprint density at radius 2 is 1.96 bits per heavy atom. The third kappa shape index (κ3) is 4.31. The fraction of sp³-hybridized carbons (Fsp3) is 0.789. The van der Waals surface area contributed by atoms with Crippen LogP contribution >= 0.6 is 0 Å². The molecule has 1 saturated heterocycles. The first-order chi connectivity index (χ1) is 11.0. The molecular formula is C19H34O4Si. The van der Waals surface area contributed by atoms with Crippen molar-refractivity contribution in [2.75, 3.05) is 6.61 Å². The van der Waals surface area contributed by atoms with Gasteiger partial charge >= 0.3 is 0 Å². The molecule has 1 N–H and O–H groups in total. The number of ether oxygens (including phenoxy) is 2. The standard InChI is InChI=1S/C19H34O4Si/c1-13-15(20)12-16(22-17-10-8-9-11-21-17)18(13)14(2)23-24(6,7)19(3,4)5/h15-18,20H,1-2,8-12H2,3-7H3/t15-,16+,17?,18-/m1/s1. The van der Waals surface area contributed by atoms with E-state index in [2.05, 4.69) is 47.0 Å². The molecule has 2 aliphatic rings. The van der Waals surface area contributed by atoms with Crippen molar-refractivity contribution in [1.29, 1.82) is 0 Å². The lowest BCUT2D eigenvalue weighted by Crippen LogP contribution is -2.42. The van der Waals surface area contributed by atoms with Crippen molar-refractivity contribution >= 4 is 8.32 Å². The van der Waals surface area contributed by atoms with Gasteiger partial charge in [0.2, 0.25) is 8.32 Å². The molecule has 4 atom stereocenters. The van der Waals surface area contributed by atoms with Crippen molar-refractivity contribution in [3.8, 4) is 0 Å². The van der Waals surface area contributed by atoms with Crippen LogP contribution in [0.2, 0.25) is 18.1 Å². The Morgan fingerprint density at radius 1 is 1.29 bits per heavy atom. The molecule has 4 nitrogen and oxygen atoms in total. The van der Waals surface area contributed by atoms with Crippen LogP contribution in [0.5, 0.6) is 0 Å². The molecule has 1 aliphatic carbocycles. The third-order valence-corrected chi connectivity index (χ3v) is 10.0. The lowest BCUT2D eigenvalue weighted by atomic mass is 10.00. The maximum atomic E-state index is 10.3. The van der Waals surface area contributed by atoms with Gasteiger partial charge in [-0.1, -0.05) is 33.9 Å². The summed E-state index contributed by atoms with van der Waals surface area (Å²) < 4.78 is 18.2. The average molecular weight is 355 g/mol. The Labute approximate surface area is 148 Å². The van der Waals surface area contributed by atoms with Crippen LogP contribution < -0.4 is 0 Å². The van der Waals surface area contributed by atoms with E-state index in [-0.39, 0.29) is 23.4 Å². The zero-order valence-electron chi connectivity index (χ0n) is 15.9. The van der Waals surface area contributed by atoms with Crippen LogP contribution in [0.4, 0.5) is 0 Å². The first-order valence-corrected chi connectivity index (χ1v) is 12.0. The smallest absolute Gasteiger partial charge is 0.250 e. The molecule has 5 heteroatoms. The van der Waals surface area contributed by atoms with Crippen LogP contribution in [-0.4, -0.2) is 38.5 Å². The third-order valence-electron chi connectivity index (χ3n) is 5.66. The van der Waals surface area contributed by atoms with Crippen molar-refractivity contribution in [2.45, 2.75) is 83.1 Å². The summed E-state index contributed by atoms with van der Waals surface area (Å²) in [6.07, 6.45) is 2.71. The molecule has 0 bridgehead atoms. The van der Waals surface area contributed by atoms with Crippen LogP contribution in [0.1, 0.15) is 46.5 Å². The normalized spacial score (nSPS) is 32.0. The van der Waals surface area contributed by atoms with E-state index >= 15 is 0 Å². The molecule has 0 aromatic carbocycles. The zero-order valence-corrected chi connectivity index (χ0v) is 16.9. The summed E-state index contributed by atoms with van der Waals surface area (Å²) in [5.74, 6) is 0.517. The SMILES string of the molecule is C=C(O[Si](C)(C)C(C)(C)C)[C@H]1C(=C)[C@H](O)C[C@@H]1OC1CCCCO1. The molecule has 138 valence electrons. The molecular weight excluding hydrogens is 320 g/mol. The van der Waals surface area contributed by atoms with Crippen LogP contribution in [0, 0.1) is 5.92 Å². The molecule has 1 aliphatic heterocycles. The van der Waals surface area contributed by atoms with Gasteiger partial charge in [0.25, 0.3) is 0 Å². The Kier molecular flexibility index (Phi) is 6.01. The van der Waals surface area contributed by atoms with Gasteiger partial charge in [-0.2, -0.15) is 0 Å². The minimum absolute atomic E-state index is 0.0946. The Bertz CT molecular complexity index is 474. The summed E-state index contributed by atoms with van der Waals surface area (Å²) >= 11 is 0. The van der Waals surface area contributed by atoms with E-state index in [0.29, 0.717) is 12.2 Å². The second kappa shape index (κ2) is 7.32. The van der Waals surface area contributed by atoms with Crippen molar-refractivity contribution in [2.24, 2.45) is 5.92 Å². The highest BCUT2D eigenvalue weighted by Gasteiger charge is 2.45. The van der Waals surface area contributed by atoms with Gasteiger partial charge in [-0.15, -0.1) is 0 Å². The monoisotopic (exact) mass is 354 g/mol. The fourth-order valence-corrected chi connectivity index (χ4v) is 4.15. The molecule has 1 saturated carbocycles. The number of hydrogen-bond acceptors (Lipinski definition) is 4. The summed E-state index contributed by atoms with van der Waals surface area (Å²) in [4.78, 5) is 0. The van der Waals surface area contributed by atoms with Gasteiger partial charge < -0.3 is 19.0 Å². The highest BCUT2D eigenvalue weighted by Crippen LogP contribution is 2.43. The van der Waals surface area contributed by atoms with Crippen LogP contribution in [-0.2, 0) is 13.9 Å². The highest BCUT2D eigenvalue weighted by atomic mass is 28.4. The molecule has 0 radical (unpaired) electrons. The van der Waals surface area contributed by atoms with E-state index in [1.54, 1.807) is 0 Å². The summed E-state index contributed by atoms with van der Waals surface area (Å²) in [5.41, 5.74) is 0.750. The molecule has 1 unspecified atom stereocenters. The molecule has 0 spiro atoms. The average Bonchev–Trinajstić information content (AvgIpc) is 2.73. The predicted molar refractivity (Wildman–Crippen MR) is 99.1 cm³/mol. The second-order valence-corrected chi connectivity index (χ2v) is 13.3. The maximum absolute atomic E-state index is 10.3. The molecule has 0 aromatic rings. The first kappa shape index (κ1) is 19.7. The number of aliphatic hydroxyl groups excluding tert-OH is 1. The molecule has 0 amide bonds. The van der Waals surface area contributed by atoms with E-state index in [9.17, 15) is 5.11 Å². The van der Waals surface area contributed by atoms with Gasteiger partial charge in [-0.3, -0.25) is 0 Å². The summed E-state index contributed by atoms with van der Waals surface area (Å²) in [6.45, 7) is 20.0. The Balaban J connectivity index is 2.08. The van der Waals surface area contributed by atoms with Gasteiger partial charge in [0.1, 0.15) is 0 Å². The lowest BCUT2D eigenvalue weighted by Gasteiger charge is -2.39. The first-order valence-electron chi connectivity index (χ1n) is 9.04. The molecule has 0 aromatic heterocycles. The van der Waals surface area contributed by atoms with E-state index in [1.165, 1.54) is 0 Å². The van der Waals surface area contributed by atoms with Crippen molar-refractivity contribution in [1.82, 2.24) is 0 Å². The van der Waals surface area contributed by atoms with Gasteiger partial charge in [0.15, 0.2) is 6.29 Å². The quantitative estimate of drug-likeness (QED) is 0.452. The topological polar surface area (TPSA) is 47.9 Å². The number of rotatable bonds is 5. The van der Waals surface area contributed by atoms with Crippen LogP contribution in [0.15, 0.2) is 24.5 Å². The molecule has 1 heterocycles. The minimum Gasteiger partial charge on any atom is -0.546 e. The van der Waals surface area contributed by atoms with Gasteiger partial charge in [0.05, 0.1) is 23.9 Å². The minimum atomic E-state index is -1.98. The van der Waals surface area contributed by atoms with Crippen LogP contribution in [0.3, 0.4) is 0 Å². The molecule has 2 rings (SSSR count). The zero-order chi connectivity index (χ0) is 18.1. The number of aliphatic hydroxyl groups is 1. The summed E-state index contributed by atoms with van der Waals surface area (Å²) in [6, 6.07) is 0. The highest BCUT2D eigenvalue weighted by molar-refractivity contribution is 6.74. The second-order valence-electron chi connectivity index (χ2n) is 8.60. The van der Waals surface area contributed by atoms with Crippen molar-refractivity contribution in [3.05, 3.63) is 24.5 Å². The van der Waals surface area contributed by atoms with Crippen molar-refractivity contribution < 1.29 is 19.0 Å². The largest absolute Gasteiger partial charge is 0.546 e. The predicted octanol–water partition coefficient (Wildman–Crippen LogP) is 4.37. The Morgan fingerprint density at radius 3 is 2.50 bits per heavy atom. The summed E-state index contributed by atoms with van der Waals surface area (Å²) in [7, 11) is -1.98. The van der Waals surface area contributed by atoms with Gasteiger partial charge in [-0.05, 0) is 43.0 Å². The van der Waals surface area contributed by atoms with Crippen molar-refractivity contribution in [3.63, 3.8) is 0 Å². The van der Waals surface area contributed by atoms with Crippen LogP contribution in [0.25, 0.3) is 0 Å². The van der Waals surface area contributed by atoms with E-state index < -0.39 is 14.4 Å². The van der Waals surface area contributed by atoms with Gasteiger partial charge in [-0.25, -0.2) is 0 Å². The van der Waals surface area contributed by atoms with E-state index in [1.807, 2.05) is 0 Å². The fourth-order valence-electron chi connectivity index (χ4n) is 3.06. The van der Waals surface area contributed by atoms with E-state index in [4.69, 9.17) is 13.9 Å². The van der Waals surface area contributed by atoms with Gasteiger partial charge in [0, 0.05) is 13.0 Å². The maximum Gasteiger partial charge on any atom is 0.250 e. The lowest BCUT2D eigenvalue weighted by molar-refractivity contribution is -0.193. The summed E-state index contributed by atoms with van der Waals surface area (Å²) in [5, 5.41) is 10.4. The van der Waals surface area contributed by atoms with E-state index in [0.717, 1.165) is 31.4 Å². The molecule has 24 heavy (non-hydrogen) atoms. The number of hydrogen-bond donors (Lipinski definition) is 1. The Hall–Kier alpha value is -0.623. The molecule has 2 fully saturated rings.